The monoisotopic (exact) mass is 633 g/mol. The molecule has 1 aliphatic heterocycles. The summed E-state index contributed by atoms with van der Waals surface area (Å²) >= 11 is 3.99. The number of aryl methyl sites for hydroxylation is 1. The van der Waals surface area contributed by atoms with Crippen LogP contribution in [0.3, 0.4) is 0 Å². The van der Waals surface area contributed by atoms with Crippen molar-refractivity contribution < 1.29 is 14.7 Å². The lowest BCUT2D eigenvalue weighted by Gasteiger charge is -2.23. The predicted octanol–water partition coefficient (Wildman–Crippen LogP) is 7.59. The zero-order chi connectivity index (χ0) is 30.2. The van der Waals surface area contributed by atoms with Crippen molar-refractivity contribution >= 4 is 62.0 Å². The van der Waals surface area contributed by atoms with Crippen LogP contribution in [0.25, 0.3) is 21.3 Å². The number of hydrogen-bond acceptors (Lipinski definition) is 10. The van der Waals surface area contributed by atoms with Crippen molar-refractivity contribution in [1.82, 2.24) is 20.2 Å². The summed E-state index contributed by atoms with van der Waals surface area (Å²) in [6, 6.07) is 26.6. The summed E-state index contributed by atoms with van der Waals surface area (Å²) in [4.78, 5) is 38.3. The van der Waals surface area contributed by atoms with Gasteiger partial charge < -0.3 is 5.11 Å². The van der Waals surface area contributed by atoms with Crippen LogP contribution in [0.5, 0.6) is 0 Å². The Kier molecular flexibility index (Phi) is 7.51. The van der Waals surface area contributed by atoms with Gasteiger partial charge in [-0.2, -0.15) is 0 Å². The molecular formula is C33H23N5O3S3. The van der Waals surface area contributed by atoms with E-state index in [-0.39, 0.29) is 10.7 Å². The lowest BCUT2D eigenvalue weighted by atomic mass is 9.96. The van der Waals surface area contributed by atoms with Crippen molar-refractivity contribution in [2.75, 3.05) is 4.90 Å². The fourth-order valence-corrected chi connectivity index (χ4v) is 8.13. The lowest BCUT2D eigenvalue weighted by Crippen LogP contribution is -2.31. The number of ketones is 1. The number of Topliss-reactive ketones (excluding diaryl/α,β-unsaturated/α-hetero) is 1. The molecule has 216 valence electrons. The minimum absolute atomic E-state index is 0.0329. The Morgan fingerprint density at radius 3 is 2.57 bits per heavy atom. The molecule has 11 heteroatoms. The van der Waals surface area contributed by atoms with E-state index in [0.717, 1.165) is 16.5 Å². The van der Waals surface area contributed by atoms with Gasteiger partial charge in [-0.05, 0) is 34.9 Å². The van der Waals surface area contributed by atoms with Crippen LogP contribution >= 0.6 is 34.4 Å². The SMILES string of the molecule is Cc1nc(-c2ccccc2)sc1C(=O)C1=C(O)C(=O)N(c2nnc(SCc3cccc4ccccc34)s2)[C@@H]1c1cccnc1. The van der Waals surface area contributed by atoms with E-state index in [0.29, 0.717) is 31.2 Å². The minimum atomic E-state index is -0.936. The zero-order valence-corrected chi connectivity index (χ0v) is 25.7. The van der Waals surface area contributed by atoms with Crippen LogP contribution < -0.4 is 4.90 Å². The number of rotatable bonds is 8. The van der Waals surface area contributed by atoms with Crippen molar-refractivity contribution in [3.05, 3.63) is 130 Å². The maximum Gasteiger partial charge on any atom is 0.296 e. The van der Waals surface area contributed by atoms with Crippen molar-refractivity contribution in [2.24, 2.45) is 0 Å². The minimum Gasteiger partial charge on any atom is -0.503 e. The number of pyridine rings is 1. The number of carbonyl (C=O) groups excluding carboxylic acids is 2. The molecule has 1 N–H and O–H groups in total. The molecule has 1 aliphatic rings. The maximum atomic E-state index is 14.1. The Hall–Kier alpha value is -4.71. The summed E-state index contributed by atoms with van der Waals surface area (Å²) in [7, 11) is 0. The molecule has 3 aromatic heterocycles. The third-order valence-corrected chi connectivity index (χ3v) is 10.6. The van der Waals surface area contributed by atoms with Crippen LogP contribution in [0.4, 0.5) is 5.13 Å². The lowest BCUT2D eigenvalue weighted by molar-refractivity contribution is -0.117. The van der Waals surface area contributed by atoms with Crippen molar-refractivity contribution in [1.29, 1.82) is 0 Å². The Labute approximate surface area is 264 Å². The van der Waals surface area contributed by atoms with Gasteiger partial charge in [0, 0.05) is 23.7 Å². The van der Waals surface area contributed by atoms with Crippen molar-refractivity contribution in [2.45, 2.75) is 23.1 Å². The van der Waals surface area contributed by atoms with Gasteiger partial charge in [-0.25, -0.2) is 4.98 Å². The fourth-order valence-electron chi connectivity index (χ4n) is 5.24. The van der Waals surface area contributed by atoms with Crippen LogP contribution in [-0.2, 0) is 10.5 Å². The maximum absolute atomic E-state index is 14.1. The van der Waals surface area contributed by atoms with Crippen LogP contribution in [0.15, 0.2) is 113 Å². The number of aromatic nitrogens is 4. The van der Waals surface area contributed by atoms with Gasteiger partial charge in [-0.15, -0.1) is 21.5 Å². The Morgan fingerprint density at radius 2 is 1.75 bits per heavy atom. The Bertz CT molecular complexity index is 2050. The Balaban J connectivity index is 1.21. The molecule has 0 aliphatic carbocycles. The number of hydrogen-bond donors (Lipinski definition) is 1. The second-order valence-electron chi connectivity index (χ2n) is 10.0. The number of thiazole rings is 1. The predicted molar refractivity (Wildman–Crippen MR) is 174 cm³/mol. The highest BCUT2D eigenvalue weighted by Crippen LogP contribution is 2.45. The number of nitrogens with zero attached hydrogens (tertiary/aromatic N) is 5. The third kappa shape index (κ3) is 5.08. The summed E-state index contributed by atoms with van der Waals surface area (Å²) in [6.45, 7) is 1.76. The highest BCUT2D eigenvalue weighted by molar-refractivity contribution is 8.00. The Morgan fingerprint density at radius 1 is 0.955 bits per heavy atom. The fraction of sp³-hybridized carbons (Fsp3) is 0.0909. The molecule has 0 saturated carbocycles. The summed E-state index contributed by atoms with van der Waals surface area (Å²) < 4.78 is 0.663. The molecule has 0 bridgehead atoms. The number of amides is 1. The van der Waals surface area contributed by atoms with Gasteiger partial charge in [0.2, 0.25) is 10.9 Å². The van der Waals surface area contributed by atoms with Gasteiger partial charge in [0.15, 0.2) is 10.1 Å². The van der Waals surface area contributed by atoms with Gasteiger partial charge in [0.1, 0.15) is 5.01 Å². The van der Waals surface area contributed by atoms with Crippen molar-refractivity contribution in [3.8, 4) is 10.6 Å². The van der Waals surface area contributed by atoms with Crippen LogP contribution in [-0.4, -0.2) is 37.0 Å². The second-order valence-corrected chi connectivity index (χ2v) is 13.2. The molecule has 8 nitrogen and oxygen atoms in total. The molecule has 7 rings (SSSR count). The van der Waals surface area contributed by atoms with Gasteiger partial charge in [0.25, 0.3) is 5.91 Å². The van der Waals surface area contributed by atoms with Gasteiger partial charge >= 0.3 is 0 Å². The van der Waals surface area contributed by atoms with E-state index in [1.54, 1.807) is 31.5 Å². The van der Waals surface area contributed by atoms with E-state index in [4.69, 9.17) is 0 Å². The number of thioether (sulfide) groups is 1. The highest BCUT2D eigenvalue weighted by Gasteiger charge is 2.47. The van der Waals surface area contributed by atoms with Crippen LogP contribution in [0.2, 0.25) is 0 Å². The number of anilines is 1. The van der Waals surface area contributed by atoms with E-state index in [1.165, 1.54) is 44.7 Å². The summed E-state index contributed by atoms with van der Waals surface area (Å²) in [6.07, 6.45) is 3.20. The second kappa shape index (κ2) is 11.8. The molecule has 0 unspecified atom stereocenters. The number of benzene rings is 3. The van der Waals surface area contributed by atoms with E-state index in [9.17, 15) is 14.7 Å². The zero-order valence-electron chi connectivity index (χ0n) is 23.2. The average Bonchev–Trinajstić information content (AvgIpc) is 3.76. The number of aliphatic hydroxyl groups is 1. The first kappa shape index (κ1) is 28.1. The van der Waals surface area contributed by atoms with Gasteiger partial charge in [0.05, 0.1) is 22.2 Å². The number of aliphatic hydroxyl groups excluding tert-OH is 1. The van der Waals surface area contributed by atoms with Crippen molar-refractivity contribution in [3.63, 3.8) is 0 Å². The summed E-state index contributed by atoms with van der Waals surface area (Å²) in [5, 5.41) is 23.2. The first-order valence-electron chi connectivity index (χ1n) is 13.7. The molecule has 4 heterocycles. The number of carbonyl (C=O) groups is 2. The molecule has 0 radical (unpaired) electrons. The van der Waals surface area contributed by atoms with E-state index in [2.05, 4.69) is 44.4 Å². The first-order chi connectivity index (χ1) is 21.5. The molecule has 1 atom stereocenters. The van der Waals surface area contributed by atoms with Gasteiger partial charge in [-0.3, -0.25) is 19.5 Å². The van der Waals surface area contributed by atoms with E-state index in [1.807, 2.05) is 48.5 Å². The largest absolute Gasteiger partial charge is 0.503 e. The molecule has 0 fully saturated rings. The third-order valence-electron chi connectivity index (χ3n) is 7.31. The standard InChI is InChI=1S/C33H23N5O3S3/c1-19-29(43-30(35-19)21-10-3-2-4-11-21)27(39)25-26(22-14-8-16-34-17-22)38(31(41)28(25)40)32-36-37-33(44-32)42-18-23-13-7-12-20-9-5-6-15-24(20)23/h2-17,26,40H,18H2,1H3/t26-/m1/s1. The molecule has 44 heavy (non-hydrogen) atoms. The summed E-state index contributed by atoms with van der Waals surface area (Å²) in [5.41, 5.74) is 3.11. The smallest absolute Gasteiger partial charge is 0.296 e. The average molecular weight is 634 g/mol. The quantitative estimate of drug-likeness (QED) is 0.104. The topological polar surface area (TPSA) is 109 Å². The molecule has 0 spiro atoms. The summed E-state index contributed by atoms with van der Waals surface area (Å²) in [5.74, 6) is -1.12. The molecule has 0 saturated heterocycles. The van der Waals surface area contributed by atoms with E-state index < -0.39 is 23.5 Å². The molecular weight excluding hydrogens is 611 g/mol. The van der Waals surface area contributed by atoms with E-state index >= 15 is 0 Å². The molecule has 1 amide bonds. The first-order valence-corrected chi connectivity index (χ1v) is 16.3. The highest BCUT2D eigenvalue weighted by atomic mass is 32.2. The molecule has 3 aromatic carbocycles. The van der Waals surface area contributed by atoms with Crippen LogP contribution in [0.1, 0.15) is 32.5 Å². The van der Waals surface area contributed by atoms with Crippen LogP contribution in [0, 0.1) is 6.92 Å². The number of fused-ring (bicyclic) bond motifs is 1. The normalized spacial score (nSPS) is 15.0. The molecule has 6 aromatic rings. The van der Waals surface area contributed by atoms with Gasteiger partial charge in [-0.1, -0.05) is 102 Å².